The zero-order chi connectivity index (χ0) is 13.0. The molecule has 2 aromatic rings. The topological polar surface area (TPSA) is 37.8 Å². The molecule has 0 aliphatic carbocycles. The lowest BCUT2D eigenvalue weighted by Crippen LogP contribution is -2.19. The van der Waals surface area contributed by atoms with Gasteiger partial charge < -0.3 is 5.32 Å². The lowest BCUT2D eigenvalue weighted by molar-refractivity contribution is 0.779. The lowest BCUT2D eigenvalue weighted by atomic mass is 10.00. The van der Waals surface area contributed by atoms with Gasteiger partial charge in [0.2, 0.25) is 0 Å². The minimum atomic E-state index is 0.336. The van der Waals surface area contributed by atoms with Crippen LogP contribution in [0.15, 0.2) is 36.8 Å². The van der Waals surface area contributed by atoms with Crippen molar-refractivity contribution < 1.29 is 0 Å². The molecular formula is C15H19N3. The van der Waals surface area contributed by atoms with E-state index in [0.717, 1.165) is 12.2 Å². The van der Waals surface area contributed by atoms with Gasteiger partial charge in [-0.15, -0.1) is 0 Å². The number of aryl methyl sites for hydroxylation is 2. The molecule has 1 unspecified atom stereocenters. The molecule has 1 aromatic heterocycles. The van der Waals surface area contributed by atoms with Gasteiger partial charge in [0.05, 0.1) is 6.20 Å². The average molecular weight is 241 g/mol. The number of nitrogens with zero attached hydrogens (tertiary/aromatic N) is 2. The van der Waals surface area contributed by atoms with Crippen molar-refractivity contribution >= 4 is 5.82 Å². The van der Waals surface area contributed by atoms with Crippen molar-refractivity contribution in [1.82, 2.24) is 9.97 Å². The van der Waals surface area contributed by atoms with Gasteiger partial charge in [-0.25, -0.2) is 4.98 Å². The summed E-state index contributed by atoms with van der Waals surface area (Å²) in [4.78, 5) is 8.27. The second-order valence-electron chi connectivity index (χ2n) is 4.77. The molecule has 1 N–H and O–H groups in total. The van der Waals surface area contributed by atoms with E-state index < -0.39 is 0 Å². The van der Waals surface area contributed by atoms with E-state index in [1.807, 2.05) is 0 Å². The first-order valence-corrected chi connectivity index (χ1v) is 6.24. The van der Waals surface area contributed by atoms with Gasteiger partial charge >= 0.3 is 0 Å². The second kappa shape index (κ2) is 5.63. The van der Waals surface area contributed by atoms with E-state index in [2.05, 4.69) is 54.3 Å². The highest BCUT2D eigenvalue weighted by Crippen LogP contribution is 2.14. The zero-order valence-electron chi connectivity index (χ0n) is 11.1. The summed E-state index contributed by atoms with van der Waals surface area (Å²) in [5.41, 5.74) is 4.04. The molecule has 0 fully saturated rings. The van der Waals surface area contributed by atoms with Crippen LogP contribution in [0.5, 0.6) is 0 Å². The molecule has 18 heavy (non-hydrogen) atoms. The van der Waals surface area contributed by atoms with Crippen LogP contribution in [0.1, 0.15) is 23.6 Å². The van der Waals surface area contributed by atoms with Crippen molar-refractivity contribution in [3.8, 4) is 0 Å². The Labute approximate surface area is 108 Å². The predicted molar refractivity (Wildman–Crippen MR) is 74.7 cm³/mol. The summed E-state index contributed by atoms with van der Waals surface area (Å²) in [6.07, 6.45) is 6.12. The Bertz CT molecular complexity index is 508. The Kier molecular flexibility index (Phi) is 3.92. The standard InChI is InChI=1S/C15H19N3/c1-11-4-5-14(12(2)8-11)9-13(3)18-15-10-16-6-7-17-15/h4-8,10,13H,9H2,1-3H3,(H,17,18). The number of anilines is 1. The van der Waals surface area contributed by atoms with E-state index >= 15 is 0 Å². The van der Waals surface area contributed by atoms with Crippen molar-refractivity contribution in [2.45, 2.75) is 33.2 Å². The maximum Gasteiger partial charge on any atom is 0.144 e. The summed E-state index contributed by atoms with van der Waals surface area (Å²) in [6.45, 7) is 6.45. The van der Waals surface area contributed by atoms with Gasteiger partial charge in [-0.3, -0.25) is 4.98 Å². The second-order valence-corrected chi connectivity index (χ2v) is 4.77. The Hall–Kier alpha value is -1.90. The van der Waals surface area contributed by atoms with E-state index in [0.29, 0.717) is 6.04 Å². The Morgan fingerprint density at radius 1 is 1.22 bits per heavy atom. The van der Waals surface area contributed by atoms with Crippen LogP contribution in [-0.4, -0.2) is 16.0 Å². The first kappa shape index (κ1) is 12.6. The third-order valence-electron chi connectivity index (χ3n) is 2.98. The molecule has 0 saturated carbocycles. The summed E-state index contributed by atoms with van der Waals surface area (Å²) < 4.78 is 0. The fourth-order valence-corrected chi connectivity index (χ4v) is 2.08. The van der Waals surface area contributed by atoms with Gasteiger partial charge in [-0.2, -0.15) is 0 Å². The number of hydrogen-bond donors (Lipinski definition) is 1. The van der Waals surface area contributed by atoms with Crippen LogP contribution < -0.4 is 5.32 Å². The average Bonchev–Trinajstić information content (AvgIpc) is 2.34. The number of hydrogen-bond acceptors (Lipinski definition) is 3. The smallest absolute Gasteiger partial charge is 0.144 e. The molecular weight excluding hydrogens is 222 g/mol. The molecule has 1 atom stereocenters. The maximum atomic E-state index is 4.22. The molecule has 0 aliphatic heterocycles. The van der Waals surface area contributed by atoms with E-state index in [4.69, 9.17) is 0 Å². The third-order valence-corrected chi connectivity index (χ3v) is 2.98. The predicted octanol–water partition coefficient (Wildman–Crippen LogP) is 3.14. The fourth-order valence-electron chi connectivity index (χ4n) is 2.08. The van der Waals surface area contributed by atoms with Crippen molar-refractivity contribution in [3.05, 3.63) is 53.5 Å². The minimum absolute atomic E-state index is 0.336. The van der Waals surface area contributed by atoms with Crippen molar-refractivity contribution in [3.63, 3.8) is 0 Å². The van der Waals surface area contributed by atoms with Crippen LogP contribution in [0.25, 0.3) is 0 Å². The van der Waals surface area contributed by atoms with Crippen molar-refractivity contribution in [2.24, 2.45) is 0 Å². The molecule has 1 aromatic carbocycles. The van der Waals surface area contributed by atoms with Gasteiger partial charge in [0.25, 0.3) is 0 Å². The molecule has 0 radical (unpaired) electrons. The van der Waals surface area contributed by atoms with E-state index in [9.17, 15) is 0 Å². The van der Waals surface area contributed by atoms with Crippen molar-refractivity contribution in [2.75, 3.05) is 5.32 Å². The molecule has 0 spiro atoms. The van der Waals surface area contributed by atoms with Gasteiger partial charge in [0.1, 0.15) is 5.82 Å². The maximum absolute atomic E-state index is 4.22. The Morgan fingerprint density at radius 2 is 2.06 bits per heavy atom. The summed E-state index contributed by atoms with van der Waals surface area (Å²) in [7, 11) is 0. The SMILES string of the molecule is Cc1ccc(CC(C)Nc2cnccn2)c(C)c1. The first-order chi connectivity index (χ1) is 8.65. The normalized spacial score (nSPS) is 12.2. The molecule has 0 aliphatic rings. The summed E-state index contributed by atoms with van der Waals surface area (Å²) in [5.74, 6) is 0.828. The van der Waals surface area contributed by atoms with Gasteiger partial charge in [-0.1, -0.05) is 23.8 Å². The lowest BCUT2D eigenvalue weighted by Gasteiger charge is -2.15. The summed E-state index contributed by atoms with van der Waals surface area (Å²) in [5, 5.41) is 3.36. The van der Waals surface area contributed by atoms with Crippen LogP contribution in [0.2, 0.25) is 0 Å². The summed E-state index contributed by atoms with van der Waals surface area (Å²) in [6, 6.07) is 6.93. The van der Waals surface area contributed by atoms with Gasteiger partial charge in [0.15, 0.2) is 0 Å². The number of rotatable bonds is 4. The molecule has 3 nitrogen and oxygen atoms in total. The highest BCUT2D eigenvalue weighted by molar-refractivity contribution is 5.35. The molecule has 0 bridgehead atoms. The Balaban J connectivity index is 2.01. The van der Waals surface area contributed by atoms with Gasteiger partial charge in [0, 0.05) is 18.4 Å². The largest absolute Gasteiger partial charge is 0.366 e. The molecule has 94 valence electrons. The van der Waals surface area contributed by atoms with Crippen LogP contribution in [-0.2, 0) is 6.42 Å². The van der Waals surface area contributed by atoms with Crippen molar-refractivity contribution in [1.29, 1.82) is 0 Å². The summed E-state index contributed by atoms with van der Waals surface area (Å²) >= 11 is 0. The molecule has 0 amide bonds. The van der Waals surface area contributed by atoms with Crippen LogP contribution in [0.4, 0.5) is 5.82 Å². The Morgan fingerprint density at radius 3 is 2.72 bits per heavy atom. The fraction of sp³-hybridized carbons (Fsp3) is 0.333. The molecule has 3 heteroatoms. The monoisotopic (exact) mass is 241 g/mol. The highest BCUT2D eigenvalue weighted by Gasteiger charge is 2.06. The number of aromatic nitrogens is 2. The number of nitrogens with one attached hydrogen (secondary N) is 1. The third kappa shape index (κ3) is 3.29. The van der Waals surface area contributed by atoms with Crippen LogP contribution in [0, 0.1) is 13.8 Å². The highest BCUT2D eigenvalue weighted by atomic mass is 15.0. The van der Waals surface area contributed by atoms with Crippen LogP contribution in [0.3, 0.4) is 0 Å². The minimum Gasteiger partial charge on any atom is -0.366 e. The molecule has 2 rings (SSSR count). The van der Waals surface area contributed by atoms with E-state index in [1.54, 1.807) is 18.6 Å². The van der Waals surface area contributed by atoms with E-state index in [1.165, 1.54) is 16.7 Å². The molecule has 1 heterocycles. The first-order valence-electron chi connectivity index (χ1n) is 6.24. The zero-order valence-corrected chi connectivity index (χ0v) is 11.1. The quantitative estimate of drug-likeness (QED) is 0.893. The van der Waals surface area contributed by atoms with Gasteiger partial charge in [-0.05, 0) is 38.3 Å². The molecule has 0 saturated heterocycles. The van der Waals surface area contributed by atoms with Crippen LogP contribution >= 0.6 is 0 Å². The number of benzene rings is 1. The van der Waals surface area contributed by atoms with E-state index in [-0.39, 0.29) is 0 Å².